The van der Waals surface area contributed by atoms with Gasteiger partial charge in [0.15, 0.2) is 5.72 Å². The molecule has 2 heterocycles. The molecule has 28 heavy (non-hydrogen) atoms. The van der Waals surface area contributed by atoms with E-state index in [1.54, 1.807) is 0 Å². The first-order chi connectivity index (χ1) is 13.8. The van der Waals surface area contributed by atoms with Gasteiger partial charge in [0.25, 0.3) is 0 Å². The Kier molecular flexibility index (Phi) is 3.52. The van der Waals surface area contributed by atoms with Crippen molar-refractivity contribution in [2.24, 2.45) is 5.10 Å². The van der Waals surface area contributed by atoms with Crippen LogP contribution >= 0.6 is 0 Å². The van der Waals surface area contributed by atoms with Crippen LogP contribution in [0, 0.1) is 0 Å². The fourth-order valence-electron chi connectivity index (χ4n) is 5.30. The lowest BCUT2D eigenvalue weighted by Gasteiger charge is -2.49. The zero-order chi connectivity index (χ0) is 18.6. The van der Waals surface area contributed by atoms with Crippen LogP contribution in [-0.2, 0) is 0 Å². The van der Waals surface area contributed by atoms with E-state index in [1.165, 1.54) is 46.9 Å². The molecule has 3 heteroatoms. The normalized spacial score (nSPS) is 22.5. The highest BCUT2D eigenvalue weighted by atomic mass is 16.5. The van der Waals surface area contributed by atoms with Crippen molar-refractivity contribution >= 4 is 16.5 Å². The third-order valence-electron chi connectivity index (χ3n) is 6.64. The monoisotopic (exact) mass is 368 g/mol. The van der Waals surface area contributed by atoms with Crippen LogP contribution in [0.3, 0.4) is 0 Å². The summed E-state index contributed by atoms with van der Waals surface area (Å²) in [5.74, 6) is 1.06. The highest BCUT2D eigenvalue weighted by molar-refractivity contribution is 6.11. The third-order valence-corrected chi connectivity index (χ3v) is 6.64. The largest absolute Gasteiger partial charge is 0.466 e. The molecule has 0 saturated heterocycles. The lowest BCUT2D eigenvalue weighted by molar-refractivity contribution is -0.140. The molecular formula is C25H24N2O. The first-order valence-corrected chi connectivity index (χ1v) is 10.5. The molecule has 3 aliphatic rings. The molecule has 6 rings (SSSR count). The summed E-state index contributed by atoms with van der Waals surface area (Å²) in [6.07, 6.45) is 6.78. The molecule has 1 saturated carbocycles. The summed E-state index contributed by atoms with van der Waals surface area (Å²) < 4.78 is 6.66. The van der Waals surface area contributed by atoms with Crippen LogP contribution in [0.5, 0.6) is 5.75 Å². The number of nitrogens with zero attached hydrogens (tertiary/aromatic N) is 2. The van der Waals surface area contributed by atoms with Crippen LogP contribution in [0.25, 0.3) is 10.8 Å². The molecule has 0 unspecified atom stereocenters. The lowest BCUT2D eigenvalue weighted by Crippen LogP contribution is -2.54. The Labute approximate surface area is 165 Å². The molecule has 2 aliphatic heterocycles. The molecule has 0 aromatic heterocycles. The van der Waals surface area contributed by atoms with E-state index < -0.39 is 0 Å². The second-order valence-corrected chi connectivity index (χ2v) is 8.28. The number of para-hydroxylation sites is 1. The van der Waals surface area contributed by atoms with Crippen molar-refractivity contribution in [1.82, 2.24) is 5.01 Å². The second kappa shape index (κ2) is 6.10. The number of fused-ring (bicyclic) bond motifs is 5. The van der Waals surface area contributed by atoms with E-state index in [2.05, 4.69) is 71.7 Å². The molecule has 1 atom stereocenters. The van der Waals surface area contributed by atoms with Crippen molar-refractivity contribution in [2.45, 2.75) is 50.3 Å². The zero-order valence-electron chi connectivity index (χ0n) is 16.0. The molecule has 1 aliphatic carbocycles. The minimum Gasteiger partial charge on any atom is -0.466 e. The first kappa shape index (κ1) is 16.2. The minimum absolute atomic E-state index is 0.274. The Balaban J connectivity index is 1.50. The van der Waals surface area contributed by atoms with E-state index in [0.29, 0.717) is 0 Å². The van der Waals surface area contributed by atoms with Gasteiger partial charge in [-0.25, -0.2) is 5.01 Å². The standard InChI is InChI=1S/C25H24N2O/c1-6-15-25(16-7-1)27-23(21-12-4-5-14-24(21)28-25)17-22(26-27)20-13-8-10-18-9-2-3-11-19(18)20/h2-5,8-14,23H,1,6-7,15-17H2/t23-/m1/s1. The SMILES string of the molecule is c1ccc2c(c1)OC1(CCCCC1)N1N=C(c3cccc4ccccc34)C[C@H]21. The average molecular weight is 368 g/mol. The quantitative estimate of drug-likeness (QED) is 0.523. The smallest absolute Gasteiger partial charge is 0.198 e. The fourth-order valence-corrected chi connectivity index (χ4v) is 5.30. The molecule has 0 radical (unpaired) electrons. The van der Waals surface area contributed by atoms with E-state index in [-0.39, 0.29) is 11.8 Å². The van der Waals surface area contributed by atoms with Gasteiger partial charge in [0, 0.05) is 30.4 Å². The molecule has 1 fully saturated rings. The summed E-state index contributed by atoms with van der Waals surface area (Å²) in [4.78, 5) is 0. The van der Waals surface area contributed by atoms with Crippen LogP contribution in [0.4, 0.5) is 0 Å². The first-order valence-electron chi connectivity index (χ1n) is 10.5. The number of hydrazone groups is 1. The van der Waals surface area contributed by atoms with E-state index in [1.807, 2.05) is 0 Å². The fraction of sp³-hybridized carbons (Fsp3) is 0.320. The molecule has 1 spiro atoms. The highest BCUT2D eigenvalue weighted by Gasteiger charge is 2.50. The number of benzene rings is 3. The van der Waals surface area contributed by atoms with Gasteiger partial charge in [-0.1, -0.05) is 67.1 Å². The summed E-state index contributed by atoms with van der Waals surface area (Å²) >= 11 is 0. The molecule has 140 valence electrons. The van der Waals surface area contributed by atoms with Gasteiger partial charge in [-0.2, -0.15) is 5.10 Å². The number of hydrogen-bond donors (Lipinski definition) is 0. The van der Waals surface area contributed by atoms with Gasteiger partial charge in [0.05, 0.1) is 11.8 Å². The van der Waals surface area contributed by atoms with Crippen LogP contribution < -0.4 is 4.74 Å². The predicted molar refractivity (Wildman–Crippen MR) is 113 cm³/mol. The maximum Gasteiger partial charge on any atom is 0.198 e. The summed E-state index contributed by atoms with van der Waals surface area (Å²) in [5, 5.41) is 10.1. The van der Waals surface area contributed by atoms with E-state index in [0.717, 1.165) is 25.0 Å². The van der Waals surface area contributed by atoms with E-state index in [4.69, 9.17) is 9.84 Å². The summed E-state index contributed by atoms with van der Waals surface area (Å²) in [5.41, 5.74) is 3.45. The summed E-state index contributed by atoms with van der Waals surface area (Å²) in [6.45, 7) is 0. The second-order valence-electron chi connectivity index (χ2n) is 8.28. The molecule has 0 N–H and O–H groups in total. The van der Waals surface area contributed by atoms with Crippen molar-refractivity contribution in [2.75, 3.05) is 0 Å². The maximum absolute atomic E-state index is 6.66. The Morgan fingerprint density at radius 1 is 0.857 bits per heavy atom. The van der Waals surface area contributed by atoms with Gasteiger partial charge in [0.1, 0.15) is 5.75 Å². The molecule has 0 amide bonds. The number of ether oxygens (including phenoxy) is 1. The Morgan fingerprint density at radius 2 is 1.64 bits per heavy atom. The van der Waals surface area contributed by atoms with Crippen molar-refractivity contribution in [3.63, 3.8) is 0 Å². The predicted octanol–water partition coefficient (Wildman–Crippen LogP) is 6.04. The highest BCUT2D eigenvalue weighted by Crippen LogP contribution is 2.51. The van der Waals surface area contributed by atoms with Crippen molar-refractivity contribution in [3.8, 4) is 5.75 Å². The Morgan fingerprint density at radius 3 is 2.57 bits per heavy atom. The third kappa shape index (κ3) is 2.32. The van der Waals surface area contributed by atoms with Crippen molar-refractivity contribution in [1.29, 1.82) is 0 Å². The average Bonchev–Trinajstić information content (AvgIpc) is 3.21. The van der Waals surface area contributed by atoms with Gasteiger partial charge in [-0.3, -0.25) is 0 Å². The molecule has 3 aromatic rings. The van der Waals surface area contributed by atoms with E-state index >= 15 is 0 Å². The van der Waals surface area contributed by atoms with Crippen LogP contribution in [-0.4, -0.2) is 16.4 Å². The van der Waals surface area contributed by atoms with Gasteiger partial charge in [-0.05, 0) is 29.7 Å². The van der Waals surface area contributed by atoms with Gasteiger partial charge in [0.2, 0.25) is 0 Å². The number of hydrogen-bond acceptors (Lipinski definition) is 3. The molecular weight excluding hydrogens is 344 g/mol. The number of rotatable bonds is 1. The van der Waals surface area contributed by atoms with Crippen LogP contribution in [0.15, 0.2) is 71.8 Å². The molecule has 0 bridgehead atoms. The minimum atomic E-state index is -0.274. The van der Waals surface area contributed by atoms with E-state index in [9.17, 15) is 0 Å². The van der Waals surface area contributed by atoms with Crippen LogP contribution in [0.1, 0.15) is 55.7 Å². The molecule has 3 aromatic carbocycles. The maximum atomic E-state index is 6.66. The summed E-state index contributed by atoms with van der Waals surface area (Å²) in [6, 6.07) is 24.0. The van der Waals surface area contributed by atoms with Crippen molar-refractivity contribution in [3.05, 3.63) is 77.9 Å². The zero-order valence-corrected chi connectivity index (χ0v) is 16.0. The topological polar surface area (TPSA) is 24.8 Å². The Bertz CT molecular complexity index is 1080. The van der Waals surface area contributed by atoms with Crippen LogP contribution in [0.2, 0.25) is 0 Å². The Hall–Kier alpha value is -2.81. The molecule has 3 nitrogen and oxygen atoms in total. The summed E-state index contributed by atoms with van der Waals surface area (Å²) in [7, 11) is 0. The van der Waals surface area contributed by atoms with Crippen molar-refractivity contribution < 1.29 is 4.74 Å². The van der Waals surface area contributed by atoms with Gasteiger partial charge < -0.3 is 4.74 Å². The lowest BCUT2D eigenvalue weighted by atomic mass is 9.86. The van der Waals surface area contributed by atoms with Gasteiger partial charge in [-0.15, -0.1) is 0 Å². The van der Waals surface area contributed by atoms with Gasteiger partial charge >= 0.3 is 0 Å².